The summed E-state index contributed by atoms with van der Waals surface area (Å²) in [6.45, 7) is 11.7. The molecule has 2 heteroatoms. The Morgan fingerprint density at radius 2 is 1.17 bits per heavy atom. The van der Waals surface area contributed by atoms with Crippen LogP contribution in [-0.4, -0.2) is 0 Å². The Kier molecular flexibility index (Phi) is 4.96. The van der Waals surface area contributed by atoms with Crippen LogP contribution in [0.4, 0.5) is 11.4 Å². The van der Waals surface area contributed by atoms with Gasteiger partial charge >= 0.3 is 158 Å². The molecule has 1 aliphatic carbocycles. The Morgan fingerprint density at radius 1 is 0.708 bits per heavy atom. The maximum absolute atomic E-state index is 2.62. The van der Waals surface area contributed by atoms with Crippen LogP contribution in [0, 0.1) is 5.41 Å². The van der Waals surface area contributed by atoms with E-state index in [9.17, 15) is 0 Å². The van der Waals surface area contributed by atoms with Gasteiger partial charge in [-0.2, -0.15) is 0 Å². The van der Waals surface area contributed by atoms with Gasteiger partial charge in [0.1, 0.15) is 0 Å². The van der Waals surface area contributed by atoms with Crippen LogP contribution in [0.1, 0.15) is 34.6 Å². The van der Waals surface area contributed by atoms with Crippen LogP contribution in [0.3, 0.4) is 0 Å². The zero-order valence-corrected chi connectivity index (χ0v) is 18.8. The molecule has 0 bridgehead atoms. The van der Waals surface area contributed by atoms with Gasteiger partial charge in [-0.25, -0.2) is 0 Å². The molecule has 0 amide bonds. The number of allylic oxidation sites excluding steroid dienone is 4. The van der Waals surface area contributed by atoms with Crippen molar-refractivity contribution in [2.24, 2.45) is 5.41 Å². The van der Waals surface area contributed by atoms with Crippen LogP contribution in [0.15, 0.2) is 80.7 Å². The van der Waals surface area contributed by atoms with E-state index < -0.39 is 23.2 Å². The summed E-state index contributed by atoms with van der Waals surface area (Å²) in [4.78, 5) is 0. The van der Waals surface area contributed by atoms with Crippen molar-refractivity contribution in [2.75, 3.05) is 2.89 Å². The van der Waals surface area contributed by atoms with Gasteiger partial charge in [0.15, 0.2) is 0 Å². The van der Waals surface area contributed by atoms with Crippen LogP contribution in [0.25, 0.3) is 0 Å². The van der Waals surface area contributed by atoms with Gasteiger partial charge in [-0.3, -0.25) is 0 Å². The number of hydrogen-bond donors (Lipinski definition) is 0. The predicted molar refractivity (Wildman–Crippen MR) is 99.9 cm³/mol. The fraction of sp³-hybridized carbons (Fsp3) is 0.273. The van der Waals surface area contributed by atoms with Crippen molar-refractivity contribution in [1.82, 2.24) is 0 Å². The van der Waals surface area contributed by atoms with Crippen molar-refractivity contribution >= 4 is 11.4 Å². The quantitative estimate of drug-likeness (QED) is 0.452. The first kappa shape index (κ1) is 17.4. The average Bonchev–Trinajstić information content (AvgIpc) is 2.75. The van der Waals surface area contributed by atoms with Crippen LogP contribution in [0.5, 0.6) is 0 Å². The van der Waals surface area contributed by atoms with Crippen molar-refractivity contribution in [3.05, 3.63) is 80.7 Å². The van der Waals surface area contributed by atoms with E-state index in [-0.39, 0.29) is 5.41 Å². The fourth-order valence-electron chi connectivity index (χ4n) is 3.36. The zero-order valence-electron chi connectivity index (χ0n) is 15.2. The van der Waals surface area contributed by atoms with E-state index in [0.29, 0.717) is 0 Å². The Hall–Kier alpha value is -1.41. The van der Waals surface area contributed by atoms with E-state index in [1.165, 1.54) is 22.5 Å². The molecule has 0 saturated carbocycles. The molecule has 2 aromatic rings. The van der Waals surface area contributed by atoms with Crippen LogP contribution >= 0.6 is 0 Å². The summed E-state index contributed by atoms with van der Waals surface area (Å²) in [6.07, 6.45) is 0. The number of nitrogens with zero attached hydrogens (tertiary/aromatic N) is 1. The summed E-state index contributed by atoms with van der Waals surface area (Å²) in [5, 5.41) is 0. The van der Waals surface area contributed by atoms with E-state index in [2.05, 4.69) is 98.2 Å². The molecule has 0 spiro atoms. The Balaban J connectivity index is 2.04. The molecular formula is C22H25HfN. The Morgan fingerprint density at radius 3 is 1.54 bits per heavy atom. The molecule has 0 aromatic heterocycles. The van der Waals surface area contributed by atoms with Crippen molar-refractivity contribution in [3.63, 3.8) is 0 Å². The van der Waals surface area contributed by atoms with Crippen LogP contribution < -0.4 is 2.89 Å². The third-order valence-electron chi connectivity index (χ3n) is 5.31. The van der Waals surface area contributed by atoms with Gasteiger partial charge in [-0.05, 0) is 0 Å². The summed E-state index contributed by atoms with van der Waals surface area (Å²) in [5.41, 5.74) is 7.44. The second kappa shape index (κ2) is 6.84. The molecule has 122 valence electrons. The average molecular weight is 482 g/mol. The topological polar surface area (TPSA) is 3.24 Å². The predicted octanol–water partition coefficient (Wildman–Crippen LogP) is 6.47. The normalized spacial score (nSPS) is 16.5. The van der Waals surface area contributed by atoms with E-state index in [1.54, 1.807) is 8.90 Å². The molecule has 2 aromatic carbocycles. The second-order valence-corrected chi connectivity index (χ2v) is 11.2. The van der Waals surface area contributed by atoms with Gasteiger partial charge in [-0.15, -0.1) is 0 Å². The van der Waals surface area contributed by atoms with E-state index in [0.717, 1.165) is 0 Å². The number of benzene rings is 2. The van der Waals surface area contributed by atoms with Crippen LogP contribution in [0.2, 0.25) is 0 Å². The first-order chi connectivity index (χ1) is 11.4. The molecule has 1 aliphatic rings. The fourth-order valence-corrected chi connectivity index (χ4v) is 9.12. The number of anilines is 2. The van der Waals surface area contributed by atoms with E-state index in [1.807, 2.05) is 0 Å². The van der Waals surface area contributed by atoms with Crippen molar-refractivity contribution in [3.8, 4) is 0 Å². The molecule has 24 heavy (non-hydrogen) atoms. The SMILES string of the molecule is CC1=C(C)C(C)(C)[C]([Hf][N](c2ccccc2)c2ccccc2)=C1C. The molecule has 0 saturated heterocycles. The van der Waals surface area contributed by atoms with Gasteiger partial charge in [0.05, 0.1) is 0 Å². The molecule has 0 unspecified atom stereocenters. The molecule has 0 radical (unpaired) electrons. The molecule has 0 N–H and O–H groups in total. The van der Waals surface area contributed by atoms with Gasteiger partial charge in [0.25, 0.3) is 0 Å². The summed E-state index contributed by atoms with van der Waals surface area (Å²) in [7, 11) is 0. The number of rotatable bonds is 4. The third kappa shape index (κ3) is 3.09. The molecule has 0 aliphatic heterocycles. The number of hydrogen-bond acceptors (Lipinski definition) is 1. The summed E-state index contributed by atoms with van der Waals surface area (Å²) in [6, 6.07) is 21.7. The van der Waals surface area contributed by atoms with Gasteiger partial charge in [-0.1, -0.05) is 0 Å². The summed E-state index contributed by atoms with van der Waals surface area (Å²) < 4.78 is 4.33. The maximum atomic E-state index is 2.62. The monoisotopic (exact) mass is 483 g/mol. The van der Waals surface area contributed by atoms with Crippen molar-refractivity contribution in [2.45, 2.75) is 34.6 Å². The first-order valence-electron chi connectivity index (χ1n) is 8.49. The Bertz CT molecular complexity index is 746. The molecule has 3 rings (SSSR count). The van der Waals surface area contributed by atoms with Crippen molar-refractivity contribution in [1.29, 1.82) is 0 Å². The standard InChI is InChI=1S/C12H10N.C10H15.Hf/c1-3-7-11(8-4-1)13-12-9-5-2-6-10-12;1-7-6-10(4,5)9(3)8(7)2;/h1-10H;1-5H3;/q-1;;+1. The van der Waals surface area contributed by atoms with Gasteiger partial charge in [0.2, 0.25) is 0 Å². The van der Waals surface area contributed by atoms with Crippen molar-refractivity contribution < 1.29 is 23.2 Å². The third-order valence-corrected chi connectivity index (χ3v) is 12.4. The van der Waals surface area contributed by atoms with Gasteiger partial charge < -0.3 is 0 Å². The van der Waals surface area contributed by atoms with E-state index in [4.69, 9.17) is 0 Å². The Labute approximate surface area is 157 Å². The zero-order chi connectivity index (χ0) is 17.3. The molecule has 0 heterocycles. The molecule has 0 fully saturated rings. The first-order valence-corrected chi connectivity index (χ1v) is 11.9. The van der Waals surface area contributed by atoms with Crippen LogP contribution in [-0.2, 0) is 23.2 Å². The minimum absolute atomic E-state index is 0.207. The van der Waals surface area contributed by atoms with Gasteiger partial charge in [0, 0.05) is 0 Å². The molecular weight excluding hydrogens is 457 g/mol. The van der Waals surface area contributed by atoms with E-state index >= 15 is 0 Å². The summed E-state index contributed by atoms with van der Waals surface area (Å²) in [5.74, 6) is 0. The summed E-state index contributed by atoms with van der Waals surface area (Å²) >= 11 is -1.26. The molecule has 1 nitrogen and oxygen atoms in total. The number of para-hydroxylation sites is 2. The second-order valence-electron chi connectivity index (χ2n) is 6.99. The minimum atomic E-state index is -1.26. The molecule has 0 atom stereocenters.